The SMILES string of the molecule is CCC(C)c1ccc(C(NC(=O)[C@@H]2CC[C@H](C(=O)O)O2)c2cccs2)cc1. The van der Waals surface area contributed by atoms with Gasteiger partial charge < -0.3 is 15.2 Å². The second kappa shape index (κ2) is 8.67. The summed E-state index contributed by atoms with van der Waals surface area (Å²) >= 11 is 1.58. The van der Waals surface area contributed by atoms with Crippen LogP contribution in [-0.4, -0.2) is 29.2 Å². The summed E-state index contributed by atoms with van der Waals surface area (Å²) in [6.07, 6.45) is 0.255. The molecule has 5 nitrogen and oxygen atoms in total. The molecular formula is C21H25NO4S. The van der Waals surface area contributed by atoms with Crippen LogP contribution in [0.2, 0.25) is 0 Å². The van der Waals surface area contributed by atoms with Crippen molar-refractivity contribution in [3.05, 3.63) is 57.8 Å². The highest BCUT2D eigenvalue weighted by Crippen LogP contribution is 2.29. The van der Waals surface area contributed by atoms with Gasteiger partial charge in [0.2, 0.25) is 5.91 Å². The molecule has 2 heterocycles. The van der Waals surface area contributed by atoms with Gasteiger partial charge in [0.1, 0.15) is 6.10 Å². The number of nitrogens with one attached hydrogen (secondary N) is 1. The average molecular weight is 388 g/mol. The quantitative estimate of drug-likeness (QED) is 0.750. The number of carboxylic acid groups (broad SMARTS) is 1. The number of hydrogen-bond donors (Lipinski definition) is 2. The van der Waals surface area contributed by atoms with Crippen molar-refractivity contribution in [1.29, 1.82) is 0 Å². The van der Waals surface area contributed by atoms with Gasteiger partial charge in [-0.2, -0.15) is 0 Å². The third kappa shape index (κ3) is 4.57. The largest absolute Gasteiger partial charge is 0.479 e. The number of hydrogen-bond acceptors (Lipinski definition) is 4. The summed E-state index contributed by atoms with van der Waals surface area (Å²) in [6, 6.07) is 12.0. The van der Waals surface area contributed by atoms with Crippen molar-refractivity contribution in [2.24, 2.45) is 0 Å². The first-order valence-corrected chi connectivity index (χ1v) is 10.2. The highest BCUT2D eigenvalue weighted by Gasteiger charge is 2.35. The summed E-state index contributed by atoms with van der Waals surface area (Å²) in [7, 11) is 0. The molecule has 1 aromatic carbocycles. The van der Waals surface area contributed by atoms with Crippen LogP contribution in [0.5, 0.6) is 0 Å². The summed E-state index contributed by atoms with van der Waals surface area (Å²) < 4.78 is 5.40. The molecule has 27 heavy (non-hydrogen) atoms. The molecule has 0 spiro atoms. The van der Waals surface area contributed by atoms with Crippen molar-refractivity contribution in [2.45, 2.75) is 57.3 Å². The van der Waals surface area contributed by atoms with Crippen LogP contribution in [0.3, 0.4) is 0 Å². The number of carboxylic acids is 1. The van der Waals surface area contributed by atoms with E-state index in [0.717, 1.165) is 16.9 Å². The highest BCUT2D eigenvalue weighted by molar-refractivity contribution is 7.10. The Kier molecular flexibility index (Phi) is 6.29. The minimum atomic E-state index is -1.01. The molecule has 1 aliphatic heterocycles. The fourth-order valence-corrected chi connectivity index (χ4v) is 4.08. The molecule has 0 aliphatic carbocycles. The van der Waals surface area contributed by atoms with Crippen LogP contribution in [0.15, 0.2) is 41.8 Å². The number of aliphatic carboxylic acids is 1. The van der Waals surface area contributed by atoms with Gasteiger partial charge in [-0.25, -0.2) is 4.79 Å². The zero-order valence-electron chi connectivity index (χ0n) is 15.6. The first-order valence-electron chi connectivity index (χ1n) is 9.31. The lowest BCUT2D eigenvalue weighted by Crippen LogP contribution is -2.38. The first kappa shape index (κ1) is 19.6. The van der Waals surface area contributed by atoms with Crippen LogP contribution in [-0.2, 0) is 14.3 Å². The van der Waals surface area contributed by atoms with Gasteiger partial charge in [0, 0.05) is 4.88 Å². The van der Waals surface area contributed by atoms with E-state index >= 15 is 0 Å². The highest BCUT2D eigenvalue weighted by atomic mass is 32.1. The van der Waals surface area contributed by atoms with E-state index < -0.39 is 18.2 Å². The van der Waals surface area contributed by atoms with Crippen LogP contribution >= 0.6 is 11.3 Å². The van der Waals surface area contributed by atoms with Gasteiger partial charge in [0.05, 0.1) is 6.04 Å². The number of amides is 1. The Morgan fingerprint density at radius 3 is 2.41 bits per heavy atom. The fraction of sp³-hybridized carbons (Fsp3) is 0.429. The van der Waals surface area contributed by atoms with E-state index in [1.54, 1.807) is 11.3 Å². The molecule has 1 aliphatic rings. The number of benzene rings is 1. The zero-order chi connectivity index (χ0) is 19.4. The van der Waals surface area contributed by atoms with E-state index in [4.69, 9.17) is 9.84 Å². The Morgan fingerprint density at radius 2 is 1.85 bits per heavy atom. The van der Waals surface area contributed by atoms with Crippen LogP contribution in [0.4, 0.5) is 0 Å². The summed E-state index contributed by atoms with van der Waals surface area (Å²) in [6.45, 7) is 4.36. The van der Waals surface area contributed by atoms with Crippen molar-refractivity contribution in [1.82, 2.24) is 5.32 Å². The third-order valence-corrected chi connectivity index (χ3v) is 6.09. The number of thiophene rings is 1. The maximum absolute atomic E-state index is 12.7. The number of carbonyl (C=O) groups is 2. The lowest BCUT2D eigenvalue weighted by Gasteiger charge is -2.21. The average Bonchev–Trinajstić information content (AvgIpc) is 3.37. The molecular weight excluding hydrogens is 362 g/mol. The van der Waals surface area contributed by atoms with Gasteiger partial charge in [-0.3, -0.25) is 4.79 Å². The molecule has 6 heteroatoms. The van der Waals surface area contributed by atoms with Gasteiger partial charge in [0.15, 0.2) is 6.10 Å². The second-order valence-electron chi connectivity index (χ2n) is 6.96. The maximum Gasteiger partial charge on any atom is 0.332 e. The summed E-state index contributed by atoms with van der Waals surface area (Å²) in [5.74, 6) is -0.780. The molecule has 1 saturated heterocycles. The van der Waals surface area contributed by atoms with Crippen LogP contribution in [0, 0.1) is 0 Å². The normalized spacial score (nSPS) is 21.6. The second-order valence-corrected chi connectivity index (χ2v) is 7.94. The number of rotatable bonds is 7. The molecule has 0 saturated carbocycles. The molecule has 0 bridgehead atoms. The summed E-state index contributed by atoms with van der Waals surface area (Å²) in [5.41, 5.74) is 2.28. The van der Waals surface area contributed by atoms with Crippen LogP contribution in [0.25, 0.3) is 0 Å². The van der Waals surface area contributed by atoms with Crippen molar-refractivity contribution in [2.75, 3.05) is 0 Å². The Balaban J connectivity index is 1.77. The predicted molar refractivity (Wildman–Crippen MR) is 105 cm³/mol. The Hall–Kier alpha value is -2.18. The van der Waals surface area contributed by atoms with Gasteiger partial charge in [-0.15, -0.1) is 11.3 Å². The van der Waals surface area contributed by atoms with E-state index in [9.17, 15) is 9.59 Å². The summed E-state index contributed by atoms with van der Waals surface area (Å²) in [4.78, 5) is 24.8. The third-order valence-electron chi connectivity index (χ3n) is 5.15. The molecule has 1 fully saturated rings. The molecule has 3 rings (SSSR count). The lowest BCUT2D eigenvalue weighted by molar-refractivity contribution is -0.151. The molecule has 4 atom stereocenters. The van der Waals surface area contributed by atoms with E-state index in [1.807, 2.05) is 17.5 Å². The van der Waals surface area contributed by atoms with E-state index in [-0.39, 0.29) is 11.9 Å². The molecule has 2 unspecified atom stereocenters. The minimum Gasteiger partial charge on any atom is -0.479 e. The molecule has 1 amide bonds. The fourth-order valence-electron chi connectivity index (χ4n) is 3.27. The van der Waals surface area contributed by atoms with Gasteiger partial charge in [0.25, 0.3) is 0 Å². The molecule has 2 N–H and O–H groups in total. The Labute approximate surface area is 163 Å². The standard InChI is InChI=1S/C21H25NO4S/c1-3-13(2)14-6-8-15(9-7-14)19(18-5-4-12-27-18)22-20(23)16-10-11-17(26-16)21(24)25/h4-9,12-13,16-17,19H,3,10-11H2,1-2H3,(H,22,23)(H,24,25)/t13?,16-,17+,19?/m0/s1. The lowest BCUT2D eigenvalue weighted by atomic mass is 9.95. The van der Waals surface area contributed by atoms with Crippen LogP contribution < -0.4 is 5.32 Å². The number of carbonyl (C=O) groups excluding carboxylic acids is 1. The van der Waals surface area contributed by atoms with E-state index in [0.29, 0.717) is 18.8 Å². The smallest absolute Gasteiger partial charge is 0.332 e. The van der Waals surface area contributed by atoms with Crippen molar-refractivity contribution in [3.63, 3.8) is 0 Å². The zero-order valence-corrected chi connectivity index (χ0v) is 16.4. The summed E-state index contributed by atoms with van der Waals surface area (Å²) in [5, 5.41) is 14.1. The molecule has 2 aromatic rings. The molecule has 1 aromatic heterocycles. The molecule has 0 radical (unpaired) electrons. The topological polar surface area (TPSA) is 75.6 Å². The van der Waals surface area contributed by atoms with Gasteiger partial charge in [-0.1, -0.05) is 44.2 Å². The predicted octanol–water partition coefficient (Wildman–Crippen LogP) is 4.10. The van der Waals surface area contributed by atoms with Crippen molar-refractivity contribution in [3.8, 4) is 0 Å². The Bertz CT molecular complexity index is 772. The van der Waals surface area contributed by atoms with E-state index in [2.05, 4.69) is 43.4 Å². The van der Waals surface area contributed by atoms with Gasteiger partial charge in [-0.05, 0) is 47.8 Å². The van der Waals surface area contributed by atoms with Crippen molar-refractivity contribution < 1.29 is 19.4 Å². The monoisotopic (exact) mass is 387 g/mol. The van der Waals surface area contributed by atoms with Crippen LogP contribution in [0.1, 0.15) is 61.1 Å². The minimum absolute atomic E-state index is 0.261. The first-order chi connectivity index (χ1) is 13.0. The van der Waals surface area contributed by atoms with Gasteiger partial charge >= 0.3 is 5.97 Å². The molecule has 144 valence electrons. The number of ether oxygens (including phenoxy) is 1. The maximum atomic E-state index is 12.7. The Morgan fingerprint density at radius 1 is 1.19 bits per heavy atom. The van der Waals surface area contributed by atoms with Crippen molar-refractivity contribution >= 4 is 23.2 Å². The van der Waals surface area contributed by atoms with E-state index in [1.165, 1.54) is 5.56 Å².